The zero-order valence-corrected chi connectivity index (χ0v) is 14.2. The minimum Gasteiger partial charge on any atom is -0.310 e. The molecule has 0 saturated heterocycles. The Labute approximate surface area is 140 Å². The van der Waals surface area contributed by atoms with Gasteiger partial charge in [0.1, 0.15) is 5.82 Å². The van der Waals surface area contributed by atoms with Crippen LogP contribution in [0.3, 0.4) is 0 Å². The van der Waals surface area contributed by atoms with Crippen LogP contribution in [0.25, 0.3) is 5.69 Å². The van der Waals surface area contributed by atoms with E-state index < -0.39 is 0 Å². The van der Waals surface area contributed by atoms with E-state index in [0.717, 1.165) is 30.0 Å². The fraction of sp³-hybridized carbons (Fsp3) is 0.444. The number of carbonyl (C=O) groups is 1. The molecule has 2 aliphatic rings. The maximum Gasteiger partial charge on any atom is 0.235 e. The number of aromatic nitrogens is 2. The van der Waals surface area contributed by atoms with Crippen molar-refractivity contribution in [2.45, 2.75) is 43.8 Å². The van der Waals surface area contributed by atoms with Crippen molar-refractivity contribution < 1.29 is 4.79 Å². The molecule has 0 bridgehead atoms. The van der Waals surface area contributed by atoms with Gasteiger partial charge in [-0.05, 0) is 31.9 Å². The van der Waals surface area contributed by atoms with Gasteiger partial charge in [-0.15, -0.1) is 11.8 Å². The van der Waals surface area contributed by atoms with Gasteiger partial charge in [0.15, 0.2) is 0 Å². The van der Waals surface area contributed by atoms with Gasteiger partial charge in [-0.1, -0.05) is 37.5 Å². The lowest BCUT2D eigenvalue weighted by Crippen LogP contribution is -2.26. The van der Waals surface area contributed by atoms with Crippen LogP contribution < -0.4 is 5.32 Å². The van der Waals surface area contributed by atoms with E-state index in [1.54, 1.807) is 0 Å². The number of nitrogens with zero attached hydrogens (tertiary/aromatic N) is 2. The first-order valence-electron chi connectivity index (χ1n) is 8.29. The number of hydrogen-bond acceptors (Lipinski definition) is 3. The maximum atomic E-state index is 12.3. The summed E-state index contributed by atoms with van der Waals surface area (Å²) in [6.07, 6.45) is 6.04. The third-order valence-corrected chi connectivity index (χ3v) is 6.49. The lowest BCUT2D eigenvalue weighted by Gasteiger charge is -2.36. The molecule has 1 aromatic heterocycles. The highest BCUT2D eigenvalue weighted by Crippen LogP contribution is 2.53. The molecule has 5 heteroatoms. The van der Waals surface area contributed by atoms with Crippen molar-refractivity contribution >= 4 is 23.5 Å². The molecular formula is C18H21N3OS. The molecule has 4 nitrogen and oxygen atoms in total. The fourth-order valence-electron chi connectivity index (χ4n) is 3.91. The summed E-state index contributed by atoms with van der Waals surface area (Å²) in [5, 5.41) is 7.90. The van der Waals surface area contributed by atoms with E-state index in [2.05, 4.69) is 12.2 Å². The number of amides is 1. The van der Waals surface area contributed by atoms with Gasteiger partial charge in [-0.3, -0.25) is 4.79 Å². The first-order valence-corrected chi connectivity index (χ1v) is 9.27. The highest BCUT2D eigenvalue weighted by molar-refractivity contribution is 8.00. The lowest BCUT2D eigenvalue weighted by atomic mass is 9.82. The number of benzene rings is 1. The molecule has 1 aliphatic heterocycles. The SMILES string of the molecule is Cc1nn(-c2ccccc2)c2c1C1(CCCCC1)SCC(=O)N2. The van der Waals surface area contributed by atoms with Crippen LogP contribution in [0.15, 0.2) is 30.3 Å². The Morgan fingerprint density at radius 3 is 2.65 bits per heavy atom. The molecule has 0 atom stereocenters. The van der Waals surface area contributed by atoms with Gasteiger partial charge in [0.2, 0.25) is 5.91 Å². The van der Waals surface area contributed by atoms with E-state index in [1.807, 2.05) is 46.8 Å². The van der Waals surface area contributed by atoms with E-state index in [1.165, 1.54) is 24.8 Å². The normalized spacial score (nSPS) is 20.0. The summed E-state index contributed by atoms with van der Waals surface area (Å²) in [5.74, 6) is 1.49. The number of fused-ring (bicyclic) bond motifs is 2. The number of aryl methyl sites for hydroxylation is 1. The van der Waals surface area contributed by atoms with Crippen LogP contribution in [0.5, 0.6) is 0 Å². The van der Waals surface area contributed by atoms with Crippen LogP contribution in [0, 0.1) is 6.92 Å². The largest absolute Gasteiger partial charge is 0.310 e. The standard InChI is InChI=1S/C18H21N3OS/c1-13-16-17(21(20-13)14-8-4-2-5-9-14)19-15(22)12-23-18(16)10-6-3-7-11-18/h2,4-5,8-9H,3,6-7,10-12H2,1H3,(H,19,22). The van der Waals surface area contributed by atoms with Crippen molar-refractivity contribution in [2.24, 2.45) is 0 Å². The molecule has 2 heterocycles. The van der Waals surface area contributed by atoms with E-state index in [4.69, 9.17) is 5.10 Å². The molecule has 1 amide bonds. The molecule has 2 aromatic rings. The van der Waals surface area contributed by atoms with Crippen molar-refractivity contribution in [3.63, 3.8) is 0 Å². The molecule has 4 rings (SSSR count). The fourth-order valence-corrected chi connectivity index (χ4v) is 5.35. The predicted molar refractivity (Wildman–Crippen MR) is 94.2 cm³/mol. The summed E-state index contributed by atoms with van der Waals surface area (Å²) in [6, 6.07) is 10.1. The highest BCUT2D eigenvalue weighted by atomic mass is 32.2. The quantitative estimate of drug-likeness (QED) is 0.860. The van der Waals surface area contributed by atoms with Crippen molar-refractivity contribution in [1.82, 2.24) is 9.78 Å². The average molecular weight is 327 g/mol. The first kappa shape index (κ1) is 14.8. The van der Waals surface area contributed by atoms with E-state index in [-0.39, 0.29) is 10.7 Å². The van der Waals surface area contributed by atoms with Gasteiger partial charge in [0.25, 0.3) is 0 Å². The molecule has 23 heavy (non-hydrogen) atoms. The summed E-state index contributed by atoms with van der Waals surface area (Å²) in [6.45, 7) is 2.08. The van der Waals surface area contributed by atoms with Gasteiger partial charge in [-0.25, -0.2) is 4.68 Å². The minimum absolute atomic E-state index is 0.0455. The molecule has 120 valence electrons. The van der Waals surface area contributed by atoms with Crippen LogP contribution in [-0.2, 0) is 9.54 Å². The van der Waals surface area contributed by atoms with Crippen LogP contribution >= 0.6 is 11.8 Å². The van der Waals surface area contributed by atoms with Crippen molar-refractivity contribution in [1.29, 1.82) is 0 Å². The third-order valence-electron chi connectivity index (χ3n) is 4.92. The van der Waals surface area contributed by atoms with Crippen LogP contribution in [0.4, 0.5) is 5.82 Å². The predicted octanol–water partition coefficient (Wildman–Crippen LogP) is 4.03. The van der Waals surface area contributed by atoms with Crippen molar-refractivity contribution in [3.05, 3.63) is 41.6 Å². The monoisotopic (exact) mass is 327 g/mol. The third kappa shape index (κ3) is 2.47. The second-order valence-corrected chi connectivity index (χ2v) is 7.81. The van der Waals surface area contributed by atoms with Crippen molar-refractivity contribution in [2.75, 3.05) is 11.1 Å². The number of hydrogen-bond donors (Lipinski definition) is 1. The number of rotatable bonds is 1. The number of anilines is 1. The molecule has 0 radical (unpaired) electrons. The topological polar surface area (TPSA) is 46.9 Å². The summed E-state index contributed by atoms with van der Waals surface area (Å²) in [4.78, 5) is 12.3. The van der Waals surface area contributed by atoms with Crippen molar-refractivity contribution in [3.8, 4) is 5.69 Å². The first-order chi connectivity index (χ1) is 11.2. The number of para-hydroxylation sites is 1. The Morgan fingerprint density at radius 2 is 1.91 bits per heavy atom. The zero-order valence-electron chi connectivity index (χ0n) is 13.3. The van der Waals surface area contributed by atoms with Gasteiger partial charge >= 0.3 is 0 Å². The highest BCUT2D eigenvalue weighted by Gasteiger charge is 2.42. The molecule has 1 aromatic carbocycles. The second-order valence-electron chi connectivity index (χ2n) is 6.45. The van der Waals surface area contributed by atoms with E-state index in [9.17, 15) is 4.79 Å². The number of carbonyl (C=O) groups excluding carboxylic acids is 1. The minimum atomic E-state index is 0.0455. The summed E-state index contributed by atoms with van der Waals surface area (Å²) in [7, 11) is 0. The second kappa shape index (κ2) is 5.71. The Morgan fingerprint density at radius 1 is 1.17 bits per heavy atom. The van der Waals surface area contributed by atoms with Gasteiger partial charge in [-0.2, -0.15) is 5.10 Å². The number of thioether (sulfide) groups is 1. The Balaban J connectivity index is 1.91. The smallest absolute Gasteiger partial charge is 0.235 e. The molecule has 1 spiro atoms. The molecule has 1 saturated carbocycles. The molecule has 1 N–H and O–H groups in total. The van der Waals surface area contributed by atoms with Crippen LogP contribution in [-0.4, -0.2) is 21.4 Å². The summed E-state index contributed by atoms with van der Waals surface area (Å²) >= 11 is 1.82. The van der Waals surface area contributed by atoms with E-state index >= 15 is 0 Å². The van der Waals surface area contributed by atoms with Gasteiger partial charge in [0, 0.05) is 10.3 Å². The van der Waals surface area contributed by atoms with E-state index in [0.29, 0.717) is 5.75 Å². The van der Waals surface area contributed by atoms with Gasteiger partial charge < -0.3 is 5.32 Å². The lowest BCUT2D eigenvalue weighted by molar-refractivity contribution is -0.113. The van der Waals surface area contributed by atoms with Crippen LogP contribution in [0.2, 0.25) is 0 Å². The average Bonchev–Trinajstić information content (AvgIpc) is 2.84. The van der Waals surface area contributed by atoms with Crippen LogP contribution in [0.1, 0.15) is 43.4 Å². The number of nitrogens with one attached hydrogen (secondary N) is 1. The molecule has 0 unspecified atom stereocenters. The molecular weight excluding hydrogens is 306 g/mol. The maximum absolute atomic E-state index is 12.3. The Bertz CT molecular complexity index is 732. The Kier molecular flexibility index (Phi) is 3.68. The zero-order chi connectivity index (χ0) is 15.9. The summed E-state index contributed by atoms with van der Waals surface area (Å²) in [5.41, 5.74) is 3.28. The Hall–Kier alpha value is -1.75. The van der Waals surface area contributed by atoms with Gasteiger partial charge in [0.05, 0.1) is 17.1 Å². The molecule has 1 fully saturated rings. The molecule has 1 aliphatic carbocycles. The summed E-state index contributed by atoms with van der Waals surface area (Å²) < 4.78 is 1.95.